The van der Waals surface area contributed by atoms with E-state index in [1.165, 1.54) is 13.2 Å². The van der Waals surface area contributed by atoms with Gasteiger partial charge in [-0.1, -0.05) is 0 Å². The fraction of sp³-hybridized carbons (Fsp3) is 0.500. The van der Waals surface area contributed by atoms with Crippen LogP contribution in [-0.4, -0.2) is 30.9 Å². The van der Waals surface area contributed by atoms with Crippen molar-refractivity contribution < 1.29 is 14.5 Å². The van der Waals surface area contributed by atoms with Gasteiger partial charge >= 0.3 is 5.69 Å². The summed E-state index contributed by atoms with van der Waals surface area (Å²) in [6.07, 6.45) is 2.88. The maximum Gasteiger partial charge on any atom is 0.311 e. The quantitative estimate of drug-likeness (QED) is 0.625. The Balaban J connectivity index is 2.20. The Kier molecular flexibility index (Phi) is 4.22. The van der Waals surface area contributed by atoms with Crippen molar-refractivity contribution in [2.24, 2.45) is 0 Å². The van der Waals surface area contributed by atoms with Gasteiger partial charge in [0.25, 0.3) is 0 Å². The van der Waals surface area contributed by atoms with E-state index in [2.05, 4.69) is 4.90 Å². The third-order valence-corrected chi connectivity index (χ3v) is 3.83. The molecule has 0 amide bonds. The summed E-state index contributed by atoms with van der Waals surface area (Å²) in [7, 11) is 3.37. The number of rotatable bonds is 4. The molecule has 0 N–H and O–H groups in total. The van der Waals surface area contributed by atoms with Gasteiger partial charge in [-0.25, -0.2) is 0 Å². The number of nitro benzene ring substituents is 1. The Morgan fingerprint density at radius 1 is 1.35 bits per heavy atom. The van der Waals surface area contributed by atoms with E-state index < -0.39 is 4.92 Å². The second kappa shape index (κ2) is 5.90. The molecule has 108 valence electrons. The number of benzene rings is 1. The predicted molar refractivity (Wildman–Crippen MR) is 75.3 cm³/mol. The minimum Gasteiger partial charge on any atom is -0.490 e. The third-order valence-electron chi connectivity index (χ3n) is 3.83. The first kappa shape index (κ1) is 14.3. The minimum absolute atomic E-state index is 0.0385. The molecule has 0 heterocycles. The predicted octanol–water partition coefficient (Wildman–Crippen LogP) is 2.55. The summed E-state index contributed by atoms with van der Waals surface area (Å²) in [5, 5.41) is 10.9. The first-order valence-corrected chi connectivity index (χ1v) is 6.60. The van der Waals surface area contributed by atoms with Crippen LogP contribution in [0.4, 0.5) is 11.4 Å². The van der Waals surface area contributed by atoms with Crippen molar-refractivity contribution in [1.82, 2.24) is 0 Å². The molecule has 0 aromatic heterocycles. The molecule has 0 radical (unpaired) electrons. The number of ether oxygens (including phenoxy) is 1. The largest absolute Gasteiger partial charge is 0.490 e. The fourth-order valence-electron chi connectivity index (χ4n) is 2.56. The summed E-state index contributed by atoms with van der Waals surface area (Å²) in [6.45, 7) is 0. The van der Waals surface area contributed by atoms with E-state index in [0.717, 1.165) is 18.5 Å². The van der Waals surface area contributed by atoms with E-state index in [1.54, 1.807) is 12.1 Å². The number of carbonyl (C=O) groups excluding carboxylic acids is 1. The van der Waals surface area contributed by atoms with Crippen molar-refractivity contribution in [3.63, 3.8) is 0 Å². The van der Waals surface area contributed by atoms with Crippen LogP contribution in [0.15, 0.2) is 18.2 Å². The van der Waals surface area contributed by atoms with Crippen molar-refractivity contribution in [1.29, 1.82) is 0 Å². The highest BCUT2D eigenvalue weighted by molar-refractivity contribution is 5.79. The van der Waals surface area contributed by atoms with Crippen molar-refractivity contribution >= 4 is 17.2 Å². The summed E-state index contributed by atoms with van der Waals surface area (Å²) in [5.74, 6) is 0.571. The zero-order valence-electron chi connectivity index (χ0n) is 11.7. The fourth-order valence-corrected chi connectivity index (χ4v) is 2.56. The molecule has 0 aliphatic heterocycles. The van der Waals surface area contributed by atoms with Crippen LogP contribution < -0.4 is 9.64 Å². The summed E-state index contributed by atoms with van der Waals surface area (Å²) in [6, 6.07) is 5.14. The molecule has 0 spiro atoms. The van der Waals surface area contributed by atoms with Crippen LogP contribution in [0.2, 0.25) is 0 Å². The highest BCUT2D eigenvalue weighted by atomic mass is 16.6. The molecule has 0 unspecified atom stereocenters. The van der Waals surface area contributed by atoms with Crippen molar-refractivity contribution in [3.8, 4) is 5.75 Å². The Morgan fingerprint density at radius 3 is 2.55 bits per heavy atom. The number of hydrogen-bond donors (Lipinski definition) is 0. The number of ketones is 1. The molecular weight excluding hydrogens is 260 g/mol. The van der Waals surface area contributed by atoms with E-state index in [-0.39, 0.29) is 11.4 Å². The average molecular weight is 278 g/mol. The molecule has 1 aromatic rings. The molecule has 2 rings (SSSR count). The first-order valence-electron chi connectivity index (χ1n) is 6.60. The Bertz CT molecular complexity index is 520. The number of nitro groups is 1. The molecule has 0 saturated heterocycles. The standard InChI is InChI=1S/C14H18N2O4/c1-15(10-3-6-12(17)7-4-10)11-5-8-13(16(18)19)14(9-11)20-2/h5,8-10H,3-4,6-7H2,1-2H3. The zero-order valence-corrected chi connectivity index (χ0v) is 11.7. The molecule has 1 saturated carbocycles. The summed E-state index contributed by atoms with van der Waals surface area (Å²) >= 11 is 0. The van der Waals surface area contributed by atoms with Gasteiger partial charge in [0.05, 0.1) is 12.0 Å². The van der Waals surface area contributed by atoms with Gasteiger partial charge in [-0.2, -0.15) is 0 Å². The van der Waals surface area contributed by atoms with Gasteiger partial charge in [-0.3, -0.25) is 14.9 Å². The highest BCUT2D eigenvalue weighted by Crippen LogP contribution is 2.33. The van der Waals surface area contributed by atoms with E-state index in [9.17, 15) is 14.9 Å². The Labute approximate surface area is 117 Å². The highest BCUT2D eigenvalue weighted by Gasteiger charge is 2.24. The number of carbonyl (C=O) groups is 1. The number of methoxy groups -OCH3 is 1. The maximum atomic E-state index is 11.3. The van der Waals surface area contributed by atoms with Gasteiger partial charge < -0.3 is 9.64 Å². The molecule has 6 heteroatoms. The molecule has 1 fully saturated rings. The van der Waals surface area contributed by atoms with Crippen LogP contribution in [0, 0.1) is 10.1 Å². The molecule has 1 aromatic carbocycles. The van der Waals surface area contributed by atoms with Crippen molar-refractivity contribution in [2.75, 3.05) is 19.1 Å². The normalized spacial score (nSPS) is 16.0. The molecule has 0 bridgehead atoms. The van der Waals surface area contributed by atoms with E-state index in [4.69, 9.17) is 4.74 Å². The summed E-state index contributed by atoms with van der Waals surface area (Å²) in [4.78, 5) is 23.8. The SMILES string of the molecule is COc1cc(N(C)C2CCC(=O)CC2)ccc1[N+](=O)[O-]. The van der Waals surface area contributed by atoms with Gasteiger partial charge in [0.15, 0.2) is 5.75 Å². The monoisotopic (exact) mass is 278 g/mol. The van der Waals surface area contributed by atoms with Crippen LogP contribution in [0.25, 0.3) is 0 Å². The Morgan fingerprint density at radius 2 is 2.00 bits per heavy atom. The van der Waals surface area contributed by atoms with Gasteiger partial charge in [-0.15, -0.1) is 0 Å². The van der Waals surface area contributed by atoms with Gasteiger partial charge in [-0.05, 0) is 18.9 Å². The summed E-state index contributed by atoms with van der Waals surface area (Å²) < 4.78 is 5.08. The lowest BCUT2D eigenvalue weighted by atomic mass is 9.93. The van der Waals surface area contributed by atoms with Crippen LogP contribution >= 0.6 is 0 Å². The molecular formula is C14H18N2O4. The topological polar surface area (TPSA) is 72.7 Å². The Hall–Kier alpha value is -2.11. The molecule has 1 aliphatic carbocycles. The minimum atomic E-state index is -0.456. The van der Waals surface area contributed by atoms with Gasteiger partial charge in [0, 0.05) is 43.8 Å². The van der Waals surface area contributed by atoms with Crippen LogP contribution in [-0.2, 0) is 4.79 Å². The van der Waals surface area contributed by atoms with Crippen LogP contribution in [0.5, 0.6) is 5.75 Å². The molecule has 0 atom stereocenters. The second-order valence-electron chi connectivity index (χ2n) is 4.99. The number of anilines is 1. The molecule has 20 heavy (non-hydrogen) atoms. The van der Waals surface area contributed by atoms with Gasteiger partial charge in [0.2, 0.25) is 0 Å². The first-order chi connectivity index (χ1) is 9.52. The maximum absolute atomic E-state index is 11.3. The molecule has 1 aliphatic rings. The number of Topliss-reactive ketones (excluding diaryl/α,β-unsaturated/α-hetero) is 1. The van der Waals surface area contributed by atoms with Crippen LogP contribution in [0.3, 0.4) is 0 Å². The van der Waals surface area contributed by atoms with E-state index >= 15 is 0 Å². The van der Waals surface area contributed by atoms with E-state index in [0.29, 0.717) is 24.7 Å². The average Bonchev–Trinajstić information content (AvgIpc) is 2.46. The van der Waals surface area contributed by atoms with Crippen molar-refractivity contribution in [3.05, 3.63) is 28.3 Å². The molecule has 6 nitrogen and oxygen atoms in total. The zero-order chi connectivity index (χ0) is 14.7. The smallest absolute Gasteiger partial charge is 0.311 e. The van der Waals surface area contributed by atoms with Crippen LogP contribution in [0.1, 0.15) is 25.7 Å². The summed E-state index contributed by atoms with van der Waals surface area (Å²) in [5.41, 5.74) is 0.829. The van der Waals surface area contributed by atoms with Crippen molar-refractivity contribution in [2.45, 2.75) is 31.7 Å². The number of nitrogens with zero attached hydrogens (tertiary/aromatic N) is 2. The number of hydrogen-bond acceptors (Lipinski definition) is 5. The van der Waals surface area contributed by atoms with E-state index in [1.807, 2.05) is 7.05 Å². The second-order valence-corrected chi connectivity index (χ2v) is 4.99. The lowest BCUT2D eigenvalue weighted by molar-refractivity contribution is -0.385. The van der Waals surface area contributed by atoms with Gasteiger partial charge in [0.1, 0.15) is 5.78 Å². The lowest BCUT2D eigenvalue weighted by Gasteiger charge is -2.32. The lowest BCUT2D eigenvalue weighted by Crippen LogP contribution is -2.35. The third kappa shape index (κ3) is 2.89.